The lowest BCUT2D eigenvalue weighted by Gasteiger charge is -2.37. The first-order valence-corrected chi connectivity index (χ1v) is 5.45. The molecule has 0 amide bonds. The molecule has 0 saturated heterocycles. The Hall–Kier alpha value is -0.0800. The van der Waals surface area contributed by atoms with Crippen LogP contribution in [0.2, 0.25) is 0 Å². The van der Waals surface area contributed by atoms with Crippen molar-refractivity contribution in [3.63, 3.8) is 0 Å². The molecule has 0 aliphatic heterocycles. The van der Waals surface area contributed by atoms with Gasteiger partial charge in [-0.1, -0.05) is 13.8 Å². The van der Waals surface area contributed by atoms with Gasteiger partial charge in [0.15, 0.2) is 0 Å². The summed E-state index contributed by atoms with van der Waals surface area (Å²) in [5, 5.41) is 13.5. The molecule has 1 rings (SSSR count). The highest BCUT2D eigenvalue weighted by molar-refractivity contribution is 4.88. The second kappa shape index (κ2) is 4.43. The highest BCUT2D eigenvalue weighted by Gasteiger charge is 2.32. The van der Waals surface area contributed by atoms with Crippen LogP contribution in [0.5, 0.6) is 0 Å². The maximum atomic E-state index is 10.2. The van der Waals surface area contributed by atoms with E-state index < -0.39 is 0 Å². The molecular formula is C11H23NO. The van der Waals surface area contributed by atoms with E-state index in [4.69, 9.17) is 0 Å². The Morgan fingerprint density at radius 2 is 1.92 bits per heavy atom. The van der Waals surface area contributed by atoms with Crippen LogP contribution in [0.1, 0.15) is 46.0 Å². The number of hydrogen-bond acceptors (Lipinski definition) is 2. The average Bonchev–Trinajstić information content (AvgIpc) is 2.04. The van der Waals surface area contributed by atoms with E-state index in [1.165, 1.54) is 0 Å². The van der Waals surface area contributed by atoms with Crippen molar-refractivity contribution >= 4 is 0 Å². The highest BCUT2D eigenvalue weighted by Crippen LogP contribution is 2.33. The van der Waals surface area contributed by atoms with Crippen molar-refractivity contribution in [3.05, 3.63) is 0 Å². The zero-order valence-corrected chi connectivity index (χ0v) is 9.14. The van der Waals surface area contributed by atoms with E-state index in [2.05, 4.69) is 19.2 Å². The predicted octanol–water partition coefficient (Wildman–Crippen LogP) is 1.93. The lowest BCUT2D eigenvalue weighted by molar-refractivity contribution is -0.0200. The fraction of sp³-hybridized carbons (Fsp3) is 1.00. The maximum Gasteiger partial charge on any atom is 0.0651 e. The third-order valence-electron chi connectivity index (χ3n) is 3.11. The summed E-state index contributed by atoms with van der Waals surface area (Å²) in [5.74, 6) is 0.608. The Morgan fingerprint density at radius 3 is 2.31 bits per heavy atom. The van der Waals surface area contributed by atoms with Gasteiger partial charge in [-0.05, 0) is 45.1 Å². The Morgan fingerprint density at radius 1 is 1.38 bits per heavy atom. The fourth-order valence-corrected chi connectivity index (χ4v) is 2.41. The largest absolute Gasteiger partial charge is 0.390 e. The van der Waals surface area contributed by atoms with E-state index >= 15 is 0 Å². The standard InChI is InChI=1S/C11H23NO/c1-9(2)8-11(13)6-4-10(12-3)5-7-11/h9-10,12-13H,4-8H2,1-3H3. The van der Waals surface area contributed by atoms with Crippen LogP contribution < -0.4 is 5.32 Å². The van der Waals surface area contributed by atoms with Crippen LogP contribution in [-0.2, 0) is 0 Å². The van der Waals surface area contributed by atoms with Crippen LogP contribution in [0, 0.1) is 5.92 Å². The molecule has 1 fully saturated rings. The normalized spacial score (nSPS) is 35.3. The summed E-state index contributed by atoms with van der Waals surface area (Å²) >= 11 is 0. The molecule has 2 N–H and O–H groups in total. The smallest absolute Gasteiger partial charge is 0.0651 e. The molecule has 0 radical (unpaired) electrons. The zero-order chi connectivity index (χ0) is 9.90. The minimum absolute atomic E-state index is 0.360. The SMILES string of the molecule is CNC1CCC(O)(CC(C)C)CC1. The van der Waals surface area contributed by atoms with E-state index in [1.807, 2.05) is 7.05 Å². The van der Waals surface area contributed by atoms with Crippen molar-refractivity contribution in [1.82, 2.24) is 5.32 Å². The van der Waals surface area contributed by atoms with Crippen molar-refractivity contribution in [2.45, 2.75) is 57.6 Å². The molecule has 0 unspecified atom stereocenters. The highest BCUT2D eigenvalue weighted by atomic mass is 16.3. The van der Waals surface area contributed by atoms with Gasteiger partial charge in [0, 0.05) is 6.04 Å². The number of aliphatic hydroxyl groups is 1. The molecule has 1 aliphatic carbocycles. The van der Waals surface area contributed by atoms with Crippen LogP contribution in [-0.4, -0.2) is 23.8 Å². The van der Waals surface area contributed by atoms with E-state index in [9.17, 15) is 5.11 Å². The van der Waals surface area contributed by atoms with Crippen LogP contribution in [0.3, 0.4) is 0 Å². The van der Waals surface area contributed by atoms with Crippen LogP contribution >= 0.6 is 0 Å². The molecule has 0 bridgehead atoms. The third-order valence-corrected chi connectivity index (χ3v) is 3.11. The summed E-state index contributed by atoms with van der Waals surface area (Å²) in [4.78, 5) is 0. The maximum absolute atomic E-state index is 10.2. The van der Waals surface area contributed by atoms with Gasteiger partial charge < -0.3 is 10.4 Å². The van der Waals surface area contributed by atoms with E-state index in [-0.39, 0.29) is 5.60 Å². The van der Waals surface area contributed by atoms with Crippen molar-refractivity contribution in [1.29, 1.82) is 0 Å². The fourth-order valence-electron chi connectivity index (χ4n) is 2.41. The monoisotopic (exact) mass is 185 g/mol. The molecule has 2 nitrogen and oxygen atoms in total. The number of nitrogens with one attached hydrogen (secondary N) is 1. The summed E-state index contributed by atoms with van der Waals surface area (Å²) in [6.07, 6.45) is 5.15. The summed E-state index contributed by atoms with van der Waals surface area (Å²) in [6.45, 7) is 4.37. The quantitative estimate of drug-likeness (QED) is 0.704. The Kier molecular flexibility index (Phi) is 3.74. The second-order valence-electron chi connectivity index (χ2n) is 4.89. The van der Waals surface area contributed by atoms with Crippen LogP contribution in [0.25, 0.3) is 0 Å². The molecule has 1 aliphatic rings. The molecule has 0 aromatic carbocycles. The Bertz CT molecular complexity index is 148. The number of rotatable bonds is 3. The molecular weight excluding hydrogens is 162 g/mol. The molecule has 1 saturated carbocycles. The molecule has 0 atom stereocenters. The first-order valence-electron chi connectivity index (χ1n) is 5.45. The molecule has 0 spiro atoms. The second-order valence-corrected chi connectivity index (χ2v) is 4.89. The Labute approximate surface area is 81.7 Å². The summed E-state index contributed by atoms with van der Waals surface area (Å²) in [6, 6.07) is 0.632. The van der Waals surface area contributed by atoms with Crippen molar-refractivity contribution < 1.29 is 5.11 Å². The van der Waals surface area contributed by atoms with Crippen molar-refractivity contribution in [3.8, 4) is 0 Å². The topological polar surface area (TPSA) is 32.3 Å². The van der Waals surface area contributed by atoms with Crippen LogP contribution in [0.4, 0.5) is 0 Å². The average molecular weight is 185 g/mol. The minimum Gasteiger partial charge on any atom is -0.390 e. The van der Waals surface area contributed by atoms with E-state index in [0.29, 0.717) is 12.0 Å². The van der Waals surface area contributed by atoms with E-state index in [1.54, 1.807) is 0 Å². The third kappa shape index (κ3) is 3.28. The molecule has 78 valence electrons. The van der Waals surface area contributed by atoms with Crippen molar-refractivity contribution in [2.24, 2.45) is 5.92 Å². The Balaban J connectivity index is 2.37. The molecule has 0 heterocycles. The molecule has 0 aromatic heterocycles. The summed E-state index contributed by atoms with van der Waals surface area (Å²) in [7, 11) is 2.01. The predicted molar refractivity (Wildman–Crippen MR) is 55.7 cm³/mol. The zero-order valence-electron chi connectivity index (χ0n) is 9.14. The van der Waals surface area contributed by atoms with Gasteiger partial charge >= 0.3 is 0 Å². The van der Waals surface area contributed by atoms with Gasteiger partial charge in [0.25, 0.3) is 0 Å². The van der Waals surface area contributed by atoms with Gasteiger partial charge in [-0.3, -0.25) is 0 Å². The van der Waals surface area contributed by atoms with Gasteiger partial charge in [0.1, 0.15) is 0 Å². The molecule has 2 heteroatoms. The van der Waals surface area contributed by atoms with Crippen molar-refractivity contribution in [2.75, 3.05) is 7.05 Å². The molecule has 0 aromatic rings. The van der Waals surface area contributed by atoms with Gasteiger partial charge in [0.05, 0.1) is 5.60 Å². The van der Waals surface area contributed by atoms with Gasteiger partial charge in [-0.15, -0.1) is 0 Å². The van der Waals surface area contributed by atoms with Gasteiger partial charge in [-0.25, -0.2) is 0 Å². The summed E-state index contributed by atoms with van der Waals surface area (Å²) in [5.41, 5.74) is -0.360. The molecule has 13 heavy (non-hydrogen) atoms. The van der Waals surface area contributed by atoms with Gasteiger partial charge in [0.2, 0.25) is 0 Å². The lowest BCUT2D eigenvalue weighted by Crippen LogP contribution is -2.40. The minimum atomic E-state index is -0.360. The first-order chi connectivity index (χ1) is 6.06. The first kappa shape index (κ1) is 11.0. The lowest BCUT2D eigenvalue weighted by atomic mass is 9.77. The van der Waals surface area contributed by atoms with Crippen LogP contribution in [0.15, 0.2) is 0 Å². The summed E-state index contributed by atoms with van der Waals surface area (Å²) < 4.78 is 0. The number of hydrogen-bond donors (Lipinski definition) is 2. The van der Waals surface area contributed by atoms with Gasteiger partial charge in [-0.2, -0.15) is 0 Å². The van der Waals surface area contributed by atoms with E-state index in [0.717, 1.165) is 32.1 Å².